The standard InChI is InChI=1S/C8H15NO4/c1-2-3-12-8-7(11)6(10)5(9)4-13-8/h2,5-8,10-11H,1,3-4,9H2/t5-,6-,7+,8-/m0/s1. The zero-order chi connectivity index (χ0) is 9.84. The van der Waals surface area contributed by atoms with Gasteiger partial charge in [-0.1, -0.05) is 6.08 Å². The quantitative estimate of drug-likeness (QED) is 0.475. The maximum absolute atomic E-state index is 9.42. The Kier molecular flexibility index (Phi) is 3.83. The third kappa shape index (κ3) is 2.49. The van der Waals surface area contributed by atoms with E-state index >= 15 is 0 Å². The maximum Gasteiger partial charge on any atom is 0.186 e. The number of nitrogens with two attached hydrogens (primary N) is 1. The third-order valence-corrected chi connectivity index (χ3v) is 1.90. The molecule has 0 saturated carbocycles. The fourth-order valence-corrected chi connectivity index (χ4v) is 1.13. The molecule has 4 atom stereocenters. The van der Waals surface area contributed by atoms with Crippen molar-refractivity contribution in [1.82, 2.24) is 0 Å². The molecule has 1 aliphatic rings. The van der Waals surface area contributed by atoms with Crippen molar-refractivity contribution in [2.75, 3.05) is 13.2 Å². The van der Waals surface area contributed by atoms with E-state index in [0.717, 1.165) is 0 Å². The van der Waals surface area contributed by atoms with Crippen molar-refractivity contribution in [1.29, 1.82) is 0 Å². The fraction of sp³-hybridized carbons (Fsp3) is 0.750. The molecule has 1 rings (SSSR count). The second-order valence-electron chi connectivity index (χ2n) is 2.97. The van der Waals surface area contributed by atoms with E-state index in [1.54, 1.807) is 0 Å². The minimum atomic E-state index is -1.09. The van der Waals surface area contributed by atoms with Gasteiger partial charge in [0.1, 0.15) is 12.2 Å². The Hall–Kier alpha value is -0.460. The summed E-state index contributed by atoms with van der Waals surface area (Å²) >= 11 is 0. The van der Waals surface area contributed by atoms with Gasteiger partial charge in [0.25, 0.3) is 0 Å². The number of aliphatic hydroxyl groups excluding tert-OH is 2. The van der Waals surface area contributed by atoms with Crippen molar-refractivity contribution in [2.45, 2.75) is 24.5 Å². The molecule has 4 N–H and O–H groups in total. The van der Waals surface area contributed by atoms with Gasteiger partial charge in [-0.05, 0) is 0 Å². The highest BCUT2D eigenvalue weighted by atomic mass is 16.7. The molecule has 0 spiro atoms. The lowest BCUT2D eigenvalue weighted by molar-refractivity contribution is -0.243. The summed E-state index contributed by atoms with van der Waals surface area (Å²) in [6, 6.07) is -0.557. The van der Waals surface area contributed by atoms with Crippen LogP contribution in [0.2, 0.25) is 0 Å². The molecule has 5 nitrogen and oxygen atoms in total. The molecule has 0 bridgehead atoms. The molecule has 1 fully saturated rings. The van der Waals surface area contributed by atoms with E-state index in [1.165, 1.54) is 6.08 Å². The monoisotopic (exact) mass is 189 g/mol. The van der Waals surface area contributed by atoms with Gasteiger partial charge in [-0.2, -0.15) is 0 Å². The largest absolute Gasteiger partial charge is 0.388 e. The Balaban J connectivity index is 2.43. The molecule has 0 aromatic rings. The summed E-state index contributed by atoms with van der Waals surface area (Å²) in [5.41, 5.74) is 5.45. The predicted octanol–water partition coefficient (Wildman–Crippen LogP) is -1.41. The first kappa shape index (κ1) is 10.6. The summed E-state index contributed by atoms with van der Waals surface area (Å²) in [4.78, 5) is 0. The second kappa shape index (κ2) is 4.69. The van der Waals surface area contributed by atoms with Crippen LogP contribution in [-0.2, 0) is 9.47 Å². The Morgan fingerprint density at radius 3 is 2.85 bits per heavy atom. The number of hydrogen-bond donors (Lipinski definition) is 3. The summed E-state index contributed by atoms with van der Waals surface area (Å²) in [5.74, 6) is 0. The van der Waals surface area contributed by atoms with Crippen LogP contribution in [0.25, 0.3) is 0 Å². The topological polar surface area (TPSA) is 84.9 Å². The lowest BCUT2D eigenvalue weighted by atomic mass is 10.0. The summed E-state index contributed by atoms with van der Waals surface area (Å²) in [6.45, 7) is 3.90. The molecule has 0 amide bonds. The van der Waals surface area contributed by atoms with E-state index in [1.807, 2.05) is 0 Å². The van der Waals surface area contributed by atoms with Gasteiger partial charge >= 0.3 is 0 Å². The highest BCUT2D eigenvalue weighted by molar-refractivity contribution is 4.85. The van der Waals surface area contributed by atoms with Crippen molar-refractivity contribution >= 4 is 0 Å². The molecule has 1 aliphatic heterocycles. The van der Waals surface area contributed by atoms with Crippen molar-refractivity contribution in [2.24, 2.45) is 5.73 Å². The number of ether oxygens (including phenoxy) is 2. The third-order valence-electron chi connectivity index (χ3n) is 1.90. The van der Waals surface area contributed by atoms with Crippen LogP contribution >= 0.6 is 0 Å². The van der Waals surface area contributed by atoms with Crippen molar-refractivity contribution < 1.29 is 19.7 Å². The van der Waals surface area contributed by atoms with Gasteiger partial charge < -0.3 is 25.4 Å². The first-order valence-electron chi connectivity index (χ1n) is 4.12. The van der Waals surface area contributed by atoms with Gasteiger partial charge in [0, 0.05) is 0 Å². The fourth-order valence-electron chi connectivity index (χ4n) is 1.13. The van der Waals surface area contributed by atoms with Gasteiger partial charge in [-0.15, -0.1) is 6.58 Å². The average molecular weight is 189 g/mol. The van der Waals surface area contributed by atoms with Crippen LogP contribution in [0.4, 0.5) is 0 Å². The Morgan fingerprint density at radius 2 is 2.23 bits per heavy atom. The number of hydrogen-bond acceptors (Lipinski definition) is 5. The highest BCUT2D eigenvalue weighted by Gasteiger charge is 2.36. The summed E-state index contributed by atoms with van der Waals surface area (Å²) in [5, 5.41) is 18.8. The molecule has 1 heterocycles. The number of aliphatic hydroxyl groups is 2. The lowest BCUT2D eigenvalue weighted by Gasteiger charge is -2.35. The SMILES string of the molecule is C=CCO[C@H]1OC[C@H](N)[C@H](O)[C@H]1O. The van der Waals surface area contributed by atoms with E-state index < -0.39 is 24.5 Å². The molecule has 13 heavy (non-hydrogen) atoms. The lowest BCUT2D eigenvalue weighted by Crippen LogP contribution is -2.57. The Bertz CT molecular complexity index is 176. The van der Waals surface area contributed by atoms with Gasteiger partial charge in [-0.25, -0.2) is 0 Å². The van der Waals surface area contributed by atoms with Crippen LogP contribution in [0.3, 0.4) is 0 Å². The molecule has 5 heteroatoms. The van der Waals surface area contributed by atoms with E-state index in [4.69, 9.17) is 15.2 Å². The first-order valence-corrected chi connectivity index (χ1v) is 4.12. The van der Waals surface area contributed by atoms with E-state index in [-0.39, 0.29) is 13.2 Å². The molecule has 0 aromatic heterocycles. The van der Waals surface area contributed by atoms with Gasteiger partial charge in [0.15, 0.2) is 6.29 Å². The zero-order valence-electron chi connectivity index (χ0n) is 7.30. The molecule has 0 unspecified atom stereocenters. The Labute approximate surface area is 76.8 Å². The van der Waals surface area contributed by atoms with Crippen LogP contribution in [0.5, 0.6) is 0 Å². The van der Waals surface area contributed by atoms with Crippen LogP contribution in [0.1, 0.15) is 0 Å². The highest BCUT2D eigenvalue weighted by Crippen LogP contribution is 2.15. The van der Waals surface area contributed by atoms with Crippen molar-refractivity contribution in [3.05, 3.63) is 12.7 Å². The normalized spacial score (nSPS) is 40.2. The minimum Gasteiger partial charge on any atom is -0.388 e. The molecular weight excluding hydrogens is 174 g/mol. The molecule has 1 saturated heterocycles. The van der Waals surface area contributed by atoms with Crippen molar-refractivity contribution in [3.8, 4) is 0 Å². The van der Waals surface area contributed by atoms with Gasteiger partial charge in [0.05, 0.1) is 19.3 Å². The summed E-state index contributed by atoms with van der Waals surface area (Å²) < 4.78 is 10.1. The summed E-state index contributed by atoms with van der Waals surface area (Å²) in [6.07, 6.45) is -1.36. The predicted molar refractivity (Wildman–Crippen MR) is 45.9 cm³/mol. The smallest absolute Gasteiger partial charge is 0.186 e. The summed E-state index contributed by atoms with van der Waals surface area (Å²) in [7, 11) is 0. The zero-order valence-corrected chi connectivity index (χ0v) is 7.30. The molecule has 0 aromatic carbocycles. The van der Waals surface area contributed by atoms with E-state index in [0.29, 0.717) is 0 Å². The van der Waals surface area contributed by atoms with Crippen LogP contribution < -0.4 is 5.73 Å². The first-order chi connectivity index (χ1) is 6.16. The second-order valence-corrected chi connectivity index (χ2v) is 2.97. The maximum atomic E-state index is 9.42. The number of rotatable bonds is 3. The van der Waals surface area contributed by atoms with E-state index in [2.05, 4.69) is 6.58 Å². The van der Waals surface area contributed by atoms with Gasteiger partial charge in [0.2, 0.25) is 0 Å². The van der Waals surface area contributed by atoms with Gasteiger partial charge in [-0.3, -0.25) is 0 Å². The minimum absolute atomic E-state index is 0.181. The van der Waals surface area contributed by atoms with Crippen LogP contribution in [0, 0.1) is 0 Å². The molecule has 0 radical (unpaired) electrons. The Morgan fingerprint density at radius 1 is 1.54 bits per heavy atom. The average Bonchev–Trinajstić information content (AvgIpc) is 2.13. The van der Waals surface area contributed by atoms with Crippen molar-refractivity contribution in [3.63, 3.8) is 0 Å². The van der Waals surface area contributed by atoms with E-state index in [9.17, 15) is 10.2 Å². The van der Waals surface area contributed by atoms with Crippen LogP contribution in [0.15, 0.2) is 12.7 Å². The van der Waals surface area contributed by atoms with Crippen LogP contribution in [-0.4, -0.2) is 48.0 Å². The molecule has 0 aliphatic carbocycles. The molecule has 76 valence electrons. The molecular formula is C8H15NO4.